The van der Waals surface area contributed by atoms with E-state index in [1.165, 1.54) is 4.90 Å². The van der Waals surface area contributed by atoms with Crippen molar-refractivity contribution in [1.82, 2.24) is 15.1 Å². The molecule has 1 heterocycles. The molecule has 1 aliphatic carbocycles. The number of hydrogen-bond donors (Lipinski definition) is 1. The summed E-state index contributed by atoms with van der Waals surface area (Å²) in [5.41, 5.74) is 0. The van der Waals surface area contributed by atoms with Crippen LogP contribution in [0.15, 0.2) is 0 Å². The molecule has 1 saturated carbocycles. The zero-order valence-corrected chi connectivity index (χ0v) is 11.1. The summed E-state index contributed by atoms with van der Waals surface area (Å²) in [5.74, 6) is -1.04. The largest absolute Gasteiger partial charge is 0.450 e. The van der Waals surface area contributed by atoms with Gasteiger partial charge in [0.2, 0.25) is 0 Å². The second-order valence-electron chi connectivity index (χ2n) is 4.73. The first-order chi connectivity index (χ1) is 9.11. The average Bonchev–Trinajstić information content (AvgIpc) is 3.22. The topological polar surface area (TPSA) is 79.0 Å². The Bertz CT molecular complexity index is 373. The van der Waals surface area contributed by atoms with Crippen LogP contribution in [0.5, 0.6) is 0 Å². The van der Waals surface area contributed by atoms with Crippen LogP contribution in [0, 0.1) is 0 Å². The lowest BCUT2D eigenvalue weighted by molar-refractivity contribution is -0.146. The van der Waals surface area contributed by atoms with Crippen molar-refractivity contribution < 1.29 is 19.1 Å². The molecule has 2 aliphatic rings. The molecular weight excluding hydrogens is 250 g/mol. The second kappa shape index (κ2) is 5.90. The third kappa shape index (κ3) is 3.59. The van der Waals surface area contributed by atoms with Gasteiger partial charge in [-0.1, -0.05) is 0 Å². The predicted octanol–water partition coefficient (Wildman–Crippen LogP) is -0.434. The van der Waals surface area contributed by atoms with Gasteiger partial charge in [-0.2, -0.15) is 0 Å². The molecule has 0 bridgehead atoms. The average molecular weight is 269 g/mol. The standard InChI is InChI=1S/C12H19N3O4/c1-2-19-12(18)15-7-5-14(6-8-15)11(17)10(16)13-9-3-4-9/h9H,2-8H2,1H3,(H,13,16). The van der Waals surface area contributed by atoms with E-state index in [0.717, 1.165) is 12.8 Å². The Balaban J connectivity index is 1.77. The monoisotopic (exact) mass is 269 g/mol. The maximum atomic E-state index is 11.8. The summed E-state index contributed by atoms with van der Waals surface area (Å²) in [6.45, 7) is 3.63. The predicted molar refractivity (Wildman–Crippen MR) is 66.3 cm³/mol. The molecule has 2 fully saturated rings. The molecule has 0 unspecified atom stereocenters. The summed E-state index contributed by atoms with van der Waals surface area (Å²) < 4.78 is 4.89. The molecule has 7 nitrogen and oxygen atoms in total. The van der Waals surface area contributed by atoms with E-state index in [4.69, 9.17) is 4.74 Å². The number of piperazine rings is 1. The quantitative estimate of drug-likeness (QED) is 0.690. The van der Waals surface area contributed by atoms with Crippen molar-refractivity contribution in [2.75, 3.05) is 32.8 Å². The van der Waals surface area contributed by atoms with Gasteiger partial charge in [0.1, 0.15) is 0 Å². The van der Waals surface area contributed by atoms with Crippen molar-refractivity contribution in [3.63, 3.8) is 0 Å². The van der Waals surface area contributed by atoms with E-state index >= 15 is 0 Å². The third-order valence-electron chi connectivity index (χ3n) is 3.20. The Morgan fingerprint density at radius 3 is 2.21 bits per heavy atom. The van der Waals surface area contributed by atoms with Crippen molar-refractivity contribution in [2.24, 2.45) is 0 Å². The molecule has 1 saturated heterocycles. The molecule has 0 spiro atoms. The van der Waals surface area contributed by atoms with Gasteiger partial charge in [-0.05, 0) is 19.8 Å². The van der Waals surface area contributed by atoms with Crippen molar-refractivity contribution in [1.29, 1.82) is 0 Å². The summed E-state index contributed by atoms with van der Waals surface area (Å²) in [7, 11) is 0. The fraction of sp³-hybridized carbons (Fsp3) is 0.750. The number of rotatable bonds is 2. The van der Waals surface area contributed by atoms with E-state index in [1.54, 1.807) is 11.8 Å². The van der Waals surface area contributed by atoms with Gasteiger partial charge in [0, 0.05) is 32.2 Å². The first-order valence-electron chi connectivity index (χ1n) is 6.63. The molecule has 2 rings (SSSR count). The zero-order valence-electron chi connectivity index (χ0n) is 11.1. The highest BCUT2D eigenvalue weighted by Crippen LogP contribution is 2.18. The number of carbonyl (C=O) groups is 3. The fourth-order valence-electron chi connectivity index (χ4n) is 1.93. The molecule has 0 atom stereocenters. The van der Waals surface area contributed by atoms with Crippen molar-refractivity contribution in [3.8, 4) is 0 Å². The summed E-state index contributed by atoms with van der Waals surface area (Å²) in [4.78, 5) is 38.0. The molecule has 0 aromatic carbocycles. The van der Waals surface area contributed by atoms with E-state index in [-0.39, 0.29) is 12.1 Å². The van der Waals surface area contributed by atoms with Gasteiger partial charge in [0.05, 0.1) is 6.61 Å². The molecule has 1 N–H and O–H groups in total. The summed E-state index contributed by atoms with van der Waals surface area (Å²) >= 11 is 0. The van der Waals surface area contributed by atoms with Gasteiger partial charge in [-0.15, -0.1) is 0 Å². The van der Waals surface area contributed by atoms with Crippen LogP contribution in [0.4, 0.5) is 4.79 Å². The van der Waals surface area contributed by atoms with Crippen LogP contribution >= 0.6 is 0 Å². The molecule has 19 heavy (non-hydrogen) atoms. The SMILES string of the molecule is CCOC(=O)N1CCN(C(=O)C(=O)NC2CC2)CC1. The molecule has 106 valence electrons. The second-order valence-corrected chi connectivity index (χ2v) is 4.73. The maximum Gasteiger partial charge on any atom is 0.409 e. The lowest BCUT2D eigenvalue weighted by Crippen LogP contribution is -2.54. The van der Waals surface area contributed by atoms with Gasteiger partial charge in [0.15, 0.2) is 0 Å². The van der Waals surface area contributed by atoms with Gasteiger partial charge in [0.25, 0.3) is 0 Å². The van der Waals surface area contributed by atoms with Gasteiger partial charge >= 0.3 is 17.9 Å². The number of carbonyl (C=O) groups excluding carboxylic acids is 3. The Kier molecular flexibility index (Phi) is 4.24. The zero-order chi connectivity index (χ0) is 13.8. The van der Waals surface area contributed by atoms with E-state index in [9.17, 15) is 14.4 Å². The van der Waals surface area contributed by atoms with E-state index < -0.39 is 11.8 Å². The first kappa shape index (κ1) is 13.6. The van der Waals surface area contributed by atoms with Crippen molar-refractivity contribution in [2.45, 2.75) is 25.8 Å². The highest BCUT2D eigenvalue weighted by Gasteiger charge is 2.31. The Morgan fingerprint density at radius 2 is 1.68 bits per heavy atom. The van der Waals surface area contributed by atoms with E-state index in [1.807, 2.05) is 0 Å². The summed E-state index contributed by atoms with van der Waals surface area (Å²) in [6.07, 6.45) is 1.54. The minimum absolute atomic E-state index is 0.178. The van der Waals surface area contributed by atoms with Gasteiger partial charge in [-0.25, -0.2) is 4.79 Å². The first-order valence-corrected chi connectivity index (χ1v) is 6.63. The summed E-state index contributed by atoms with van der Waals surface area (Å²) in [6, 6.07) is 0.178. The lowest BCUT2D eigenvalue weighted by Gasteiger charge is -2.33. The third-order valence-corrected chi connectivity index (χ3v) is 3.20. The molecular formula is C12H19N3O4. The fourth-order valence-corrected chi connectivity index (χ4v) is 1.93. The Hall–Kier alpha value is -1.79. The smallest absolute Gasteiger partial charge is 0.409 e. The molecule has 0 radical (unpaired) electrons. The van der Waals surface area contributed by atoms with Crippen LogP contribution in [-0.2, 0) is 14.3 Å². The van der Waals surface area contributed by atoms with Gasteiger partial charge < -0.3 is 19.9 Å². The van der Waals surface area contributed by atoms with Crippen molar-refractivity contribution >= 4 is 17.9 Å². The number of ether oxygens (including phenoxy) is 1. The van der Waals surface area contributed by atoms with E-state index in [0.29, 0.717) is 32.8 Å². The normalized spacial score (nSPS) is 19.0. The van der Waals surface area contributed by atoms with Crippen LogP contribution < -0.4 is 5.32 Å². The number of amides is 3. The lowest BCUT2D eigenvalue weighted by atomic mass is 10.3. The number of nitrogens with one attached hydrogen (secondary N) is 1. The Morgan fingerprint density at radius 1 is 1.11 bits per heavy atom. The molecule has 3 amide bonds. The van der Waals surface area contributed by atoms with Crippen LogP contribution in [0.3, 0.4) is 0 Å². The van der Waals surface area contributed by atoms with Gasteiger partial charge in [-0.3, -0.25) is 9.59 Å². The Labute approximate surface area is 111 Å². The number of hydrogen-bond acceptors (Lipinski definition) is 4. The maximum absolute atomic E-state index is 11.8. The minimum atomic E-state index is -0.535. The highest BCUT2D eigenvalue weighted by atomic mass is 16.6. The van der Waals surface area contributed by atoms with Crippen LogP contribution in [0.1, 0.15) is 19.8 Å². The minimum Gasteiger partial charge on any atom is -0.450 e. The molecule has 1 aliphatic heterocycles. The van der Waals surface area contributed by atoms with Crippen LogP contribution in [-0.4, -0.2) is 66.5 Å². The van der Waals surface area contributed by atoms with Crippen molar-refractivity contribution in [3.05, 3.63) is 0 Å². The number of nitrogens with zero attached hydrogens (tertiary/aromatic N) is 2. The molecule has 0 aromatic rings. The highest BCUT2D eigenvalue weighted by molar-refractivity contribution is 6.35. The van der Waals surface area contributed by atoms with E-state index in [2.05, 4.69) is 5.32 Å². The molecule has 0 aromatic heterocycles. The molecule has 7 heteroatoms. The van der Waals surface area contributed by atoms with Crippen LogP contribution in [0.2, 0.25) is 0 Å². The van der Waals surface area contributed by atoms with Crippen LogP contribution in [0.25, 0.3) is 0 Å². The summed E-state index contributed by atoms with van der Waals surface area (Å²) in [5, 5.41) is 2.67.